The quantitative estimate of drug-likeness (QED) is 0.612. The van der Waals surface area contributed by atoms with Crippen LogP contribution in [0.25, 0.3) is 0 Å². The molecule has 0 aromatic carbocycles. The molecule has 0 aromatic heterocycles. The molecule has 0 aromatic rings. The van der Waals surface area contributed by atoms with E-state index in [4.69, 9.17) is 0 Å². The summed E-state index contributed by atoms with van der Waals surface area (Å²) in [6.45, 7) is 8.78. The van der Waals surface area contributed by atoms with Crippen LogP contribution in [0.1, 0.15) is 47.5 Å². The molecule has 100 valence electrons. The van der Waals surface area contributed by atoms with Crippen LogP contribution in [0, 0.1) is 16.5 Å². The lowest BCUT2D eigenvalue weighted by Crippen LogP contribution is -2.47. The van der Waals surface area contributed by atoms with E-state index in [1.165, 1.54) is 0 Å². The molecule has 18 heavy (non-hydrogen) atoms. The smallest absolute Gasteiger partial charge is 0.175 e. The maximum Gasteiger partial charge on any atom is 0.175 e. The minimum Gasteiger partial charge on any atom is -0.783 e. The third-order valence-electron chi connectivity index (χ3n) is 3.18. The molecule has 1 rings (SSSR count). The molecule has 1 heterocycles. The molecule has 0 bridgehead atoms. The first-order chi connectivity index (χ1) is 8.18. The zero-order valence-electron chi connectivity index (χ0n) is 11.6. The van der Waals surface area contributed by atoms with E-state index >= 15 is 0 Å². The molecule has 0 saturated carbocycles. The molecule has 5 nitrogen and oxygen atoms in total. The summed E-state index contributed by atoms with van der Waals surface area (Å²) in [6, 6.07) is 1.94. The van der Waals surface area contributed by atoms with E-state index in [9.17, 15) is 15.3 Å². The van der Waals surface area contributed by atoms with Crippen molar-refractivity contribution < 1.29 is 4.79 Å². The Bertz CT molecular complexity index is 430. The Morgan fingerprint density at radius 3 is 2.33 bits per heavy atom. The zero-order chi connectivity index (χ0) is 14.1. The molecule has 1 aliphatic rings. The van der Waals surface area contributed by atoms with Crippen LogP contribution < -0.4 is 5.32 Å². The minimum absolute atomic E-state index is 0.0771. The van der Waals surface area contributed by atoms with E-state index in [1.807, 2.05) is 13.0 Å². The Morgan fingerprint density at radius 2 is 2.00 bits per heavy atom. The maximum atomic E-state index is 12.2. The number of hydroxylamine groups is 2. The molecule has 0 amide bonds. The molecule has 1 N–H and O–H groups in total. The Hall–Kier alpha value is -1.38. The van der Waals surface area contributed by atoms with E-state index in [1.54, 1.807) is 27.7 Å². The van der Waals surface area contributed by atoms with Crippen molar-refractivity contribution in [3.63, 3.8) is 0 Å². The highest BCUT2D eigenvalue weighted by Crippen LogP contribution is 2.37. The van der Waals surface area contributed by atoms with Crippen LogP contribution in [0.5, 0.6) is 0 Å². The SMILES string of the molecule is CCCC(=O)/C(C#N)=C1/NC(C)(C)N([O-])C1(C)C. The van der Waals surface area contributed by atoms with Crippen molar-refractivity contribution in [2.75, 3.05) is 0 Å². The van der Waals surface area contributed by atoms with E-state index in [2.05, 4.69) is 5.32 Å². The Balaban J connectivity index is 3.30. The van der Waals surface area contributed by atoms with Gasteiger partial charge in [0, 0.05) is 12.0 Å². The molecule has 0 radical (unpaired) electrons. The summed E-state index contributed by atoms with van der Waals surface area (Å²) in [5, 5.41) is 25.2. The predicted molar refractivity (Wildman–Crippen MR) is 69.1 cm³/mol. The van der Waals surface area contributed by atoms with Crippen LogP contribution in [0.15, 0.2) is 11.3 Å². The van der Waals surface area contributed by atoms with Crippen LogP contribution in [-0.2, 0) is 4.79 Å². The monoisotopic (exact) mass is 250 g/mol. The number of hydrogen-bond donors (Lipinski definition) is 1. The van der Waals surface area contributed by atoms with Gasteiger partial charge >= 0.3 is 0 Å². The lowest BCUT2D eigenvalue weighted by molar-refractivity contribution is -0.115. The van der Waals surface area contributed by atoms with Crippen molar-refractivity contribution in [2.24, 2.45) is 0 Å². The lowest BCUT2D eigenvalue weighted by atomic mass is 9.94. The van der Waals surface area contributed by atoms with Gasteiger partial charge in [-0.25, -0.2) is 0 Å². The summed E-state index contributed by atoms with van der Waals surface area (Å²) in [7, 11) is 0. The highest BCUT2D eigenvalue weighted by atomic mass is 16.5. The normalized spacial score (nSPS) is 24.3. The number of hydrogen-bond acceptors (Lipinski definition) is 5. The van der Waals surface area contributed by atoms with Gasteiger partial charge in [0.05, 0.1) is 11.4 Å². The number of rotatable bonds is 3. The van der Waals surface area contributed by atoms with Crippen molar-refractivity contribution >= 4 is 5.78 Å². The highest BCUT2D eigenvalue weighted by Gasteiger charge is 2.44. The summed E-state index contributed by atoms with van der Waals surface area (Å²) < 4.78 is 0. The van der Waals surface area contributed by atoms with Gasteiger partial charge < -0.3 is 15.6 Å². The minimum atomic E-state index is -0.891. The summed E-state index contributed by atoms with van der Waals surface area (Å²) in [5.41, 5.74) is -1.19. The van der Waals surface area contributed by atoms with E-state index < -0.39 is 11.2 Å². The summed E-state index contributed by atoms with van der Waals surface area (Å²) in [4.78, 5) is 11.9. The van der Waals surface area contributed by atoms with Gasteiger partial charge in [0.15, 0.2) is 5.78 Å². The lowest BCUT2D eigenvalue weighted by Gasteiger charge is -2.44. The molecular weight excluding hydrogens is 230 g/mol. The third-order valence-corrected chi connectivity index (χ3v) is 3.18. The summed E-state index contributed by atoms with van der Waals surface area (Å²) in [5.74, 6) is -0.207. The first-order valence-electron chi connectivity index (χ1n) is 6.12. The predicted octanol–water partition coefficient (Wildman–Crippen LogP) is 2.05. The molecule has 0 aliphatic carbocycles. The van der Waals surface area contributed by atoms with Crippen LogP contribution in [0.2, 0.25) is 0 Å². The second-order valence-corrected chi connectivity index (χ2v) is 5.57. The fraction of sp³-hybridized carbons (Fsp3) is 0.692. The molecule has 1 fully saturated rings. The van der Waals surface area contributed by atoms with Crippen LogP contribution in [0.3, 0.4) is 0 Å². The van der Waals surface area contributed by atoms with E-state index in [0.29, 0.717) is 18.5 Å². The fourth-order valence-corrected chi connectivity index (χ4v) is 2.29. The molecule has 5 heteroatoms. The number of ketones is 1. The number of nitrogens with zero attached hydrogens (tertiary/aromatic N) is 2. The van der Waals surface area contributed by atoms with Gasteiger partial charge in [-0.15, -0.1) is 0 Å². The molecule has 1 aliphatic heterocycles. The maximum absolute atomic E-state index is 12.2. The van der Waals surface area contributed by atoms with Gasteiger partial charge in [-0.05, 0) is 34.1 Å². The average molecular weight is 250 g/mol. The van der Waals surface area contributed by atoms with Gasteiger partial charge in [-0.2, -0.15) is 5.26 Å². The molecular formula is C13H20N3O2-. The van der Waals surface area contributed by atoms with Gasteiger partial charge in [0.1, 0.15) is 11.6 Å². The molecule has 0 atom stereocenters. The zero-order valence-corrected chi connectivity index (χ0v) is 11.6. The molecule has 0 unspecified atom stereocenters. The van der Waals surface area contributed by atoms with Crippen LogP contribution >= 0.6 is 0 Å². The summed E-state index contributed by atoms with van der Waals surface area (Å²) >= 11 is 0. The average Bonchev–Trinajstić information content (AvgIpc) is 2.41. The fourth-order valence-electron chi connectivity index (χ4n) is 2.29. The van der Waals surface area contributed by atoms with E-state index in [-0.39, 0.29) is 11.4 Å². The number of carbonyl (C=O) groups excluding carboxylic acids is 1. The van der Waals surface area contributed by atoms with Crippen LogP contribution in [-0.4, -0.2) is 22.0 Å². The van der Waals surface area contributed by atoms with Crippen molar-refractivity contribution in [2.45, 2.75) is 58.7 Å². The molecule has 1 saturated heterocycles. The Morgan fingerprint density at radius 1 is 1.44 bits per heavy atom. The third kappa shape index (κ3) is 2.26. The number of carbonyl (C=O) groups is 1. The number of Topliss-reactive ketones (excluding diaryl/α,β-unsaturated/α-hetero) is 1. The second-order valence-electron chi connectivity index (χ2n) is 5.57. The van der Waals surface area contributed by atoms with Crippen molar-refractivity contribution in [1.82, 2.24) is 10.4 Å². The largest absolute Gasteiger partial charge is 0.783 e. The van der Waals surface area contributed by atoms with Crippen molar-refractivity contribution in [3.05, 3.63) is 16.5 Å². The van der Waals surface area contributed by atoms with Gasteiger partial charge in [-0.1, -0.05) is 6.92 Å². The first kappa shape index (κ1) is 14.7. The first-order valence-corrected chi connectivity index (χ1v) is 6.12. The Labute approximate surface area is 108 Å². The van der Waals surface area contributed by atoms with Crippen molar-refractivity contribution in [1.29, 1.82) is 5.26 Å². The van der Waals surface area contributed by atoms with Gasteiger partial charge in [-0.3, -0.25) is 4.79 Å². The standard InChI is InChI=1S/C13H20N3O2/c1-6-7-10(17)9(8-14)11-12(2,3)16(18)13(4,5)15-11/h15H,6-7H2,1-5H3/q-1/b11-9+. The van der Waals surface area contributed by atoms with E-state index in [0.717, 1.165) is 5.06 Å². The molecule has 0 spiro atoms. The van der Waals surface area contributed by atoms with Gasteiger partial charge in [0.2, 0.25) is 0 Å². The number of nitrogens with one attached hydrogen (secondary N) is 1. The van der Waals surface area contributed by atoms with Crippen molar-refractivity contribution in [3.8, 4) is 6.07 Å². The Kier molecular flexibility index (Phi) is 3.84. The number of allylic oxidation sites excluding steroid dienone is 1. The topological polar surface area (TPSA) is 79.2 Å². The van der Waals surface area contributed by atoms with Crippen LogP contribution in [0.4, 0.5) is 0 Å². The second kappa shape index (κ2) is 4.71. The highest BCUT2D eigenvalue weighted by molar-refractivity contribution is 6.00. The van der Waals surface area contributed by atoms with Gasteiger partial charge in [0.25, 0.3) is 0 Å². The number of nitriles is 1. The summed E-state index contributed by atoms with van der Waals surface area (Å²) in [6.07, 6.45) is 1.01.